The highest BCUT2D eigenvalue weighted by molar-refractivity contribution is 5.83. The van der Waals surface area contributed by atoms with Crippen molar-refractivity contribution in [2.75, 3.05) is 13.6 Å². The molecular weight excluding hydrogens is 228 g/mol. The molecule has 0 bridgehead atoms. The van der Waals surface area contributed by atoms with Crippen LogP contribution in [0.1, 0.15) is 18.8 Å². The van der Waals surface area contributed by atoms with Crippen molar-refractivity contribution >= 4 is 16.9 Å². The molecule has 0 spiro atoms. The minimum absolute atomic E-state index is 0.0311. The van der Waals surface area contributed by atoms with Crippen molar-refractivity contribution in [3.8, 4) is 0 Å². The average molecular weight is 246 g/mol. The van der Waals surface area contributed by atoms with E-state index in [0.717, 1.165) is 16.9 Å². The summed E-state index contributed by atoms with van der Waals surface area (Å²) in [6.07, 6.45) is 0.663. The van der Waals surface area contributed by atoms with Gasteiger partial charge in [0.25, 0.3) is 0 Å². The van der Waals surface area contributed by atoms with E-state index < -0.39 is 0 Å². The Labute approximate surface area is 106 Å². The summed E-state index contributed by atoms with van der Waals surface area (Å²) in [7, 11) is 1.64. The number of hydrogen-bond acceptors (Lipinski definition) is 3. The maximum absolute atomic E-state index is 11.8. The lowest BCUT2D eigenvalue weighted by atomic mass is 10.2. The van der Waals surface area contributed by atoms with Gasteiger partial charge >= 0.3 is 0 Å². The molecule has 96 valence electrons. The summed E-state index contributed by atoms with van der Waals surface area (Å²) in [5.74, 6) is 0.825. The van der Waals surface area contributed by atoms with E-state index in [1.807, 2.05) is 35.8 Å². The molecule has 0 radical (unpaired) electrons. The van der Waals surface area contributed by atoms with Crippen LogP contribution in [0, 0.1) is 0 Å². The molecule has 1 amide bonds. The third kappa shape index (κ3) is 2.09. The van der Waals surface area contributed by atoms with Gasteiger partial charge in [0.15, 0.2) is 0 Å². The third-order valence-corrected chi connectivity index (χ3v) is 3.05. The maximum Gasteiger partial charge on any atom is 0.242 e. The van der Waals surface area contributed by atoms with E-state index in [-0.39, 0.29) is 11.9 Å². The summed E-state index contributed by atoms with van der Waals surface area (Å²) in [6, 6.07) is 7.52. The number of amides is 1. The van der Waals surface area contributed by atoms with Crippen LogP contribution in [-0.4, -0.2) is 29.1 Å². The minimum atomic E-state index is -0.288. The summed E-state index contributed by atoms with van der Waals surface area (Å²) < 4.78 is 1.96. The van der Waals surface area contributed by atoms with Gasteiger partial charge in [-0.05, 0) is 25.6 Å². The third-order valence-electron chi connectivity index (χ3n) is 3.05. The first kappa shape index (κ1) is 12.6. The molecule has 0 saturated carbocycles. The molecule has 2 aromatic rings. The lowest BCUT2D eigenvalue weighted by Crippen LogP contribution is -2.29. The molecule has 1 atom stereocenters. The maximum atomic E-state index is 11.8. The van der Waals surface area contributed by atoms with Crippen LogP contribution in [0.5, 0.6) is 0 Å². The molecule has 0 aliphatic heterocycles. The predicted octanol–water partition coefficient (Wildman–Crippen LogP) is 0.844. The molecule has 1 unspecified atom stereocenters. The number of rotatable bonds is 4. The van der Waals surface area contributed by atoms with E-state index in [4.69, 9.17) is 5.73 Å². The molecule has 3 N–H and O–H groups in total. The van der Waals surface area contributed by atoms with Gasteiger partial charge in [0.1, 0.15) is 11.9 Å². The van der Waals surface area contributed by atoms with Gasteiger partial charge in [0.2, 0.25) is 5.91 Å². The molecule has 0 fully saturated rings. The topological polar surface area (TPSA) is 72.9 Å². The van der Waals surface area contributed by atoms with E-state index in [1.54, 1.807) is 7.05 Å². The molecule has 1 heterocycles. The first-order chi connectivity index (χ1) is 8.69. The predicted molar refractivity (Wildman–Crippen MR) is 71.3 cm³/mol. The van der Waals surface area contributed by atoms with Crippen molar-refractivity contribution in [3.63, 3.8) is 0 Å². The van der Waals surface area contributed by atoms with Gasteiger partial charge in [-0.25, -0.2) is 4.98 Å². The standard InChI is InChI=1S/C13H18N4O/c1-9(13(18)15-2)17-11-6-4-3-5-10(11)16-12(17)7-8-14/h3-6,9H,7-8,14H2,1-2H3,(H,15,18). The van der Waals surface area contributed by atoms with Crippen LogP contribution in [0.4, 0.5) is 0 Å². The fourth-order valence-electron chi connectivity index (χ4n) is 2.16. The fourth-order valence-corrected chi connectivity index (χ4v) is 2.16. The molecule has 5 nitrogen and oxygen atoms in total. The monoisotopic (exact) mass is 246 g/mol. The zero-order chi connectivity index (χ0) is 13.1. The van der Waals surface area contributed by atoms with Crippen molar-refractivity contribution < 1.29 is 4.79 Å². The number of likely N-dealkylation sites (N-methyl/N-ethyl adjacent to an activating group) is 1. The van der Waals surface area contributed by atoms with Crippen LogP contribution in [0.25, 0.3) is 11.0 Å². The van der Waals surface area contributed by atoms with Crippen LogP contribution >= 0.6 is 0 Å². The van der Waals surface area contributed by atoms with E-state index >= 15 is 0 Å². The fraction of sp³-hybridized carbons (Fsp3) is 0.385. The van der Waals surface area contributed by atoms with Gasteiger partial charge in [-0.1, -0.05) is 12.1 Å². The molecule has 18 heavy (non-hydrogen) atoms. The summed E-state index contributed by atoms with van der Waals surface area (Å²) in [4.78, 5) is 16.4. The molecule has 1 aromatic heterocycles. The number of para-hydroxylation sites is 2. The molecule has 5 heteroatoms. The number of nitrogens with two attached hydrogens (primary N) is 1. The van der Waals surface area contributed by atoms with Crippen molar-refractivity contribution in [2.45, 2.75) is 19.4 Å². The van der Waals surface area contributed by atoms with Crippen LogP contribution in [0.3, 0.4) is 0 Å². The minimum Gasteiger partial charge on any atom is -0.357 e. The number of hydrogen-bond donors (Lipinski definition) is 2. The number of imidazole rings is 1. The Morgan fingerprint density at radius 1 is 1.50 bits per heavy atom. The second-order valence-electron chi connectivity index (χ2n) is 4.22. The average Bonchev–Trinajstić information content (AvgIpc) is 2.75. The van der Waals surface area contributed by atoms with E-state index in [0.29, 0.717) is 13.0 Å². The Morgan fingerprint density at radius 2 is 2.22 bits per heavy atom. The zero-order valence-corrected chi connectivity index (χ0v) is 10.7. The van der Waals surface area contributed by atoms with E-state index in [9.17, 15) is 4.79 Å². The van der Waals surface area contributed by atoms with Gasteiger partial charge in [-0.2, -0.15) is 0 Å². The van der Waals surface area contributed by atoms with E-state index in [1.165, 1.54) is 0 Å². The molecule has 0 aliphatic carbocycles. The quantitative estimate of drug-likeness (QED) is 0.839. The molecular formula is C13H18N4O. The van der Waals surface area contributed by atoms with Crippen molar-refractivity contribution in [1.29, 1.82) is 0 Å². The number of nitrogens with one attached hydrogen (secondary N) is 1. The normalized spacial score (nSPS) is 12.6. The first-order valence-electron chi connectivity index (χ1n) is 6.06. The summed E-state index contributed by atoms with van der Waals surface area (Å²) in [5.41, 5.74) is 7.48. The summed E-state index contributed by atoms with van der Waals surface area (Å²) >= 11 is 0. The second kappa shape index (κ2) is 5.18. The van der Waals surface area contributed by atoms with Crippen molar-refractivity contribution in [2.24, 2.45) is 5.73 Å². The second-order valence-corrected chi connectivity index (χ2v) is 4.22. The molecule has 0 aliphatic rings. The highest BCUT2D eigenvalue weighted by Gasteiger charge is 2.19. The van der Waals surface area contributed by atoms with Crippen LogP contribution < -0.4 is 11.1 Å². The largest absolute Gasteiger partial charge is 0.357 e. The number of benzene rings is 1. The van der Waals surface area contributed by atoms with Crippen molar-refractivity contribution in [3.05, 3.63) is 30.1 Å². The Bertz CT molecular complexity index is 561. The highest BCUT2D eigenvalue weighted by atomic mass is 16.2. The van der Waals surface area contributed by atoms with Gasteiger partial charge in [-0.15, -0.1) is 0 Å². The summed E-state index contributed by atoms with van der Waals surface area (Å²) in [6.45, 7) is 2.39. The highest BCUT2D eigenvalue weighted by Crippen LogP contribution is 2.21. The van der Waals surface area contributed by atoms with Gasteiger partial charge in [0.05, 0.1) is 11.0 Å². The lowest BCUT2D eigenvalue weighted by molar-refractivity contribution is -0.123. The SMILES string of the molecule is CNC(=O)C(C)n1c(CCN)nc2ccccc21. The lowest BCUT2D eigenvalue weighted by Gasteiger charge is -2.15. The molecule has 1 aromatic carbocycles. The molecule has 0 saturated heterocycles. The first-order valence-corrected chi connectivity index (χ1v) is 6.06. The smallest absolute Gasteiger partial charge is 0.242 e. The number of carbonyl (C=O) groups excluding carboxylic acids is 1. The number of carbonyl (C=O) groups is 1. The van der Waals surface area contributed by atoms with Gasteiger partial charge in [-0.3, -0.25) is 4.79 Å². The zero-order valence-electron chi connectivity index (χ0n) is 10.7. The molecule has 2 rings (SSSR count). The Balaban J connectivity index is 2.57. The van der Waals surface area contributed by atoms with Crippen LogP contribution in [0.15, 0.2) is 24.3 Å². The Kier molecular flexibility index (Phi) is 3.62. The van der Waals surface area contributed by atoms with Crippen molar-refractivity contribution in [1.82, 2.24) is 14.9 Å². The Hall–Kier alpha value is -1.88. The number of nitrogens with zero attached hydrogens (tertiary/aromatic N) is 2. The number of aromatic nitrogens is 2. The van der Waals surface area contributed by atoms with Gasteiger partial charge < -0.3 is 15.6 Å². The van der Waals surface area contributed by atoms with Crippen LogP contribution in [-0.2, 0) is 11.2 Å². The Morgan fingerprint density at radius 3 is 2.89 bits per heavy atom. The van der Waals surface area contributed by atoms with E-state index in [2.05, 4.69) is 10.3 Å². The number of fused-ring (bicyclic) bond motifs is 1. The summed E-state index contributed by atoms with van der Waals surface area (Å²) in [5, 5.41) is 2.67. The van der Waals surface area contributed by atoms with Gasteiger partial charge in [0, 0.05) is 13.5 Å². The van der Waals surface area contributed by atoms with Crippen LogP contribution in [0.2, 0.25) is 0 Å².